The number of hydrogen-bond acceptors (Lipinski definition) is 8. The molecule has 1 aliphatic heterocycles. The van der Waals surface area contributed by atoms with Crippen LogP contribution >= 0.6 is 11.6 Å². The van der Waals surface area contributed by atoms with Gasteiger partial charge in [0.2, 0.25) is 0 Å². The van der Waals surface area contributed by atoms with Crippen LogP contribution in [0, 0.1) is 5.41 Å². The number of benzene rings is 3. The summed E-state index contributed by atoms with van der Waals surface area (Å²) >= 11 is 4.64. The van der Waals surface area contributed by atoms with E-state index >= 15 is 0 Å². The van der Waals surface area contributed by atoms with Crippen LogP contribution < -0.4 is 14.4 Å². The molecule has 0 fully saturated rings. The zero-order valence-electron chi connectivity index (χ0n) is 35.0. The van der Waals surface area contributed by atoms with E-state index in [0.717, 1.165) is 39.5 Å². The van der Waals surface area contributed by atoms with Gasteiger partial charge in [0.15, 0.2) is 0 Å². The fourth-order valence-corrected chi connectivity index (χ4v) is 6.86. The van der Waals surface area contributed by atoms with E-state index in [9.17, 15) is 24.3 Å². The largest absolute Gasteiger partial charge is 0.492 e. The number of carboxylic acid groups (broad SMARTS) is 1. The maximum absolute atomic E-state index is 14.0. The molecule has 2 heterocycles. The Bertz CT molecular complexity index is 2080. The van der Waals surface area contributed by atoms with E-state index in [4.69, 9.17) is 14.2 Å². The number of halogens is 1. The number of aromatic nitrogens is 1. The number of hydrogen-bond donors (Lipinski definition) is 2. The molecule has 4 aromatic rings. The Morgan fingerprint density at radius 3 is 2.29 bits per heavy atom. The molecule has 0 bridgehead atoms. The lowest BCUT2D eigenvalue weighted by atomic mass is 9.79. The number of aliphatic carboxylic acids is 1. The molecular weight excluding hydrogens is 762 g/mol. The number of nitrogens with one attached hydrogen (secondary N) is 1. The average Bonchev–Trinajstić information content (AvgIpc) is 3.85. The molecule has 14 heteroatoms. The van der Waals surface area contributed by atoms with Crippen molar-refractivity contribution >= 4 is 63.0 Å². The second-order valence-corrected chi connectivity index (χ2v) is 14.7. The summed E-state index contributed by atoms with van der Waals surface area (Å²) in [6.07, 6.45) is 5.98. The number of nitrogens with zero attached hydrogens (tertiary/aromatic N) is 4. The van der Waals surface area contributed by atoms with Gasteiger partial charge in [0.05, 0.1) is 11.1 Å². The molecule has 314 valence electrons. The lowest BCUT2D eigenvalue weighted by Gasteiger charge is -2.29. The van der Waals surface area contributed by atoms with Gasteiger partial charge in [-0.2, -0.15) is 0 Å². The van der Waals surface area contributed by atoms with Crippen molar-refractivity contribution in [2.75, 3.05) is 72.3 Å². The summed E-state index contributed by atoms with van der Waals surface area (Å²) in [5, 5.41) is 12.2. The number of alkyl halides is 1. The summed E-state index contributed by atoms with van der Waals surface area (Å²) in [6.45, 7) is 7.88. The number of amides is 3. The van der Waals surface area contributed by atoms with E-state index in [2.05, 4.69) is 16.6 Å². The highest BCUT2D eigenvalue weighted by atomic mass is 35.5. The van der Waals surface area contributed by atoms with E-state index in [1.54, 1.807) is 32.0 Å². The van der Waals surface area contributed by atoms with Crippen molar-refractivity contribution in [2.45, 2.75) is 59.0 Å². The van der Waals surface area contributed by atoms with Crippen LogP contribution in [0.1, 0.15) is 62.5 Å². The van der Waals surface area contributed by atoms with Gasteiger partial charge in [-0.3, -0.25) is 9.59 Å². The van der Waals surface area contributed by atoms with Crippen molar-refractivity contribution in [2.24, 2.45) is 5.41 Å². The highest BCUT2D eigenvalue weighted by Gasteiger charge is 2.34. The van der Waals surface area contributed by atoms with Crippen LogP contribution in [0.3, 0.4) is 0 Å². The number of rotatable bonds is 11. The summed E-state index contributed by atoms with van der Waals surface area (Å²) in [7, 11) is 7.16. The Hall–Kier alpha value is -5.27. The lowest BCUT2D eigenvalue weighted by Crippen LogP contribution is -2.39. The molecule has 1 aromatic heterocycles. The molecule has 0 saturated carbocycles. The molecular formula is C44H58ClN5O8. The average molecular weight is 820 g/mol. The van der Waals surface area contributed by atoms with Crippen molar-refractivity contribution in [1.29, 1.82) is 0 Å². The third kappa shape index (κ3) is 11.0. The summed E-state index contributed by atoms with van der Waals surface area (Å²) in [5.41, 5.74) is 2.09. The van der Waals surface area contributed by atoms with Gasteiger partial charge in [0.1, 0.15) is 29.9 Å². The maximum Gasteiger partial charge on any atom is 0.415 e. The van der Waals surface area contributed by atoms with Gasteiger partial charge in [0.25, 0.3) is 5.91 Å². The highest BCUT2D eigenvalue weighted by molar-refractivity contribution is 6.15. The minimum Gasteiger partial charge on any atom is -0.492 e. The highest BCUT2D eigenvalue weighted by Crippen LogP contribution is 2.41. The molecule has 0 spiro atoms. The van der Waals surface area contributed by atoms with E-state index in [1.165, 1.54) is 16.2 Å². The Morgan fingerprint density at radius 2 is 1.60 bits per heavy atom. The van der Waals surface area contributed by atoms with Gasteiger partial charge < -0.3 is 43.9 Å². The monoisotopic (exact) mass is 819 g/mol. The molecule has 2 atom stereocenters. The molecule has 6 rings (SSSR count). The number of aromatic amines is 1. The Morgan fingerprint density at radius 1 is 0.914 bits per heavy atom. The summed E-state index contributed by atoms with van der Waals surface area (Å²) < 4.78 is 17.5. The molecule has 58 heavy (non-hydrogen) atoms. The fraction of sp³-hybridized carbons (Fsp3) is 0.455. The van der Waals surface area contributed by atoms with Gasteiger partial charge in [-0.25, -0.2) is 9.59 Å². The summed E-state index contributed by atoms with van der Waals surface area (Å²) in [4.78, 5) is 61.9. The molecule has 3 aromatic carbocycles. The quantitative estimate of drug-likeness (QED) is 0.113. The van der Waals surface area contributed by atoms with Crippen LogP contribution in [-0.4, -0.2) is 122 Å². The smallest absolute Gasteiger partial charge is 0.415 e. The Balaban J connectivity index is 0.00000180. The number of ether oxygens (including phenoxy) is 3. The van der Waals surface area contributed by atoms with Crippen LogP contribution in [-0.2, 0) is 16.0 Å². The van der Waals surface area contributed by atoms with Crippen LogP contribution in [0.5, 0.6) is 11.5 Å². The first-order valence-electron chi connectivity index (χ1n) is 19.7. The van der Waals surface area contributed by atoms with Crippen molar-refractivity contribution in [3.63, 3.8) is 0 Å². The van der Waals surface area contributed by atoms with E-state index < -0.39 is 29.7 Å². The van der Waals surface area contributed by atoms with Gasteiger partial charge in [-0.05, 0) is 94.4 Å². The molecule has 3 amide bonds. The number of H-pyrrole nitrogens is 1. The van der Waals surface area contributed by atoms with Crippen molar-refractivity contribution in [3.8, 4) is 11.5 Å². The zero-order chi connectivity index (χ0) is 42.6. The number of anilines is 1. The van der Waals surface area contributed by atoms with Crippen molar-refractivity contribution < 1.29 is 38.5 Å². The number of carbonyl (C=O) groups excluding carboxylic acids is 3. The predicted octanol–water partition coefficient (Wildman–Crippen LogP) is 8.43. The number of fused-ring (bicyclic) bond motifs is 4. The fourth-order valence-electron chi connectivity index (χ4n) is 6.86. The summed E-state index contributed by atoms with van der Waals surface area (Å²) in [6, 6.07) is 17.0. The normalized spacial score (nSPS) is 17.8. The third-order valence-electron chi connectivity index (χ3n) is 10.4. The second-order valence-electron chi connectivity index (χ2n) is 14.7. The minimum atomic E-state index is -0.869. The first-order chi connectivity index (χ1) is 27.8. The molecule has 0 saturated heterocycles. The number of carboxylic acids is 1. The Kier molecular flexibility index (Phi) is 16.4. The molecule has 13 nitrogen and oxygen atoms in total. The molecule has 1 aliphatic carbocycles. The maximum atomic E-state index is 14.0. The standard InChI is InChI=1S/C41H49N5O8.C2H6.CH3Cl/c1-41(38(48)49)17-9-8-10-28(15-18-41)53-39(50)44(4)20-21-45(5)40(51)54-36-26-35-31(30-11-6-7-12-32(30)36)16-19-46(35)37(47)34-25-27-24-29(13-14-33(27)42-34)52-23-22-43(2)3;2*1-2/h6-8,10-14,24-26,28,42H,9,15-23H2,1-5H3,(H,48,49);1-2H3;1H3/b10-8+;;/t28?,41-;;/m1../s1. The van der Waals surface area contributed by atoms with Crippen molar-refractivity contribution in [1.82, 2.24) is 19.7 Å². The van der Waals surface area contributed by atoms with Crippen LogP contribution in [0.2, 0.25) is 0 Å². The Labute approximate surface area is 346 Å². The molecule has 2 aliphatic rings. The topological polar surface area (TPSA) is 145 Å². The third-order valence-corrected chi connectivity index (χ3v) is 10.4. The van der Waals surface area contributed by atoms with E-state index in [1.807, 2.05) is 93.5 Å². The first kappa shape index (κ1) is 45.4. The van der Waals surface area contributed by atoms with E-state index in [0.29, 0.717) is 62.4 Å². The minimum absolute atomic E-state index is 0.165. The molecule has 0 radical (unpaired) electrons. The van der Waals surface area contributed by atoms with Crippen LogP contribution in [0.4, 0.5) is 15.3 Å². The number of carbonyl (C=O) groups is 4. The molecule has 2 N–H and O–H groups in total. The molecule has 1 unspecified atom stereocenters. The van der Waals surface area contributed by atoms with Crippen molar-refractivity contribution in [3.05, 3.63) is 78.0 Å². The SMILES string of the molecule is CC.CCl.CN(C)CCOc1ccc2[nH]c(C(=O)N3CCc4c3cc(OC(=O)N(C)CCN(C)C(=O)OC3/C=C/CC[C@@](C)(C(=O)O)CC3)c3ccccc43)cc2c1. The van der Waals surface area contributed by atoms with Gasteiger partial charge in [-0.15, -0.1) is 11.6 Å². The van der Waals surface area contributed by atoms with Crippen LogP contribution in [0.15, 0.2) is 66.7 Å². The lowest BCUT2D eigenvalue weighted by molar-refractivity contribution is -0.149. The van der Waals surface area contributed by atoms with Gasteiger partial charge in [0, 0.05) is 69.0 Å². The number of allylic oxidation sites excluding steroid dienone is 1. The zero-order valence-corrected chi connectivity index (χ0v) is 35.7. The summed E-state index contributed by atoms with van der Waals surface area (Å²) in [5.74, 6) is 0.0210. The number of likely N-dealkylation sites (N-methyl/N-ethyl adjacent to an activating group) is 3. The van der Waals surface area contributed by atoms with Gasteiger partial charge >= 0.3 is 18.2 Å². The van der Waals surface area contributed by atoms with E-state index in [-0.39, 0.29) is 19.0 Å². The van der Waals surface area contributed by atoms with Gasteiger partial charge in [-0.1, -0.05) is 44.2 Å². The first-order valence-corrected chi connectivity index (χ1v) is 20.5. The predicted molar refractivity (Wildman–Crippen MR) is 230 cm³/mol. The van der Waals surface area contributed by atoms with Crippen LogP contribution in [0.25, 0.3) is 21.7 Å². The second kappa shape index (κ2) is 20.9.